The molecule has 2 heteroatoms. The van der Waals surface area contributed by atoms with Crippen LogP contribution in [-0.4, -0.2) is 0 Å². The van der Waals surface area contributed by atoms with Crippen molar-refractivity contribution >= 4 is 48.6 Å². The van der Waals surface area contributed by atoms with Crippen LogP contribution in [0.5, 0.6) is 0 Å². The van der Waals surface area contributed by atoms with Crippen molar-refractivity contribution in [1.29, 1.82) is 0 Å². The molecule has 1 aromatic heterocycles. The zero-order valence-electron chi connectivity index (χ0n) is 33.1. The number of fused-ring (bicyclic) bond motifs is 6. The minimum Gasteiger partial charge on any atom is -0.310 e. The first-order valence-electron chi connectivity index (χ1n) is 20.4. The van der Waals surface area contributed by atoms with E-state index in [1.54, 1.807) is 0 Å². The number of thiophene rings is 1. The van der Waals surface area contributed by atoms with E-state index in [0.717, 1.165) is 17.1 Å². The quantitative estimate of drug-likeness (QED) is 0.156. The summed E-state index contributed by atoms with van der Waals surface area (Å²) in [5, 5.41) is 2.67. The van der Waals surface area contributed by atoms with Crippen molar-refractivity contribution in [1.82, 2.24) is 0 Å². The van der Waals surface area contributed by atoms with Gasteiger partial charge in [0, 0.05) is 42.6 Å². The predicted molar refractivity (Wildman–Crippen MR) is 253 cm³/mol. The second-order valence-corrected chi connectivity index (χ2v) is 17.2. The molecule has 11 rings (SSSR count). The van der Waals surface area contributed by atoms with Gasteiger partial charge in [0.1, 0.15) is 0 Å². The van der Waals surface area contributed by atoms with Crippen LogP contribution in [0.1, 0.15) is 25.0 Å². The first kappa shape index (κ1) is 35.2. The molecule has 0 radical (unpaired) electrons. The van der Waals surface area contributed by atoms with Gasteiger partial charge in [0.15, 0.2) is 0 Å². The third-order valence-electron chi connectivity index (χ3n) is 12.3. The Hall–Kier alpha value is -7.00. The van der Waals surface area contributed by atoms with E-state index in [1.165, 1.54) is 86.9 Å². The van der Waals surface area contributed by atoms with Gasteiger partial charge in [-0.15, -0.1) is 11.3 Å². The van der Waals surface area contributed by atoms with Crippen LogP contribution in [0.3, 0.4) is 0 Å². The smallest absolute Gasteiger partial charge is 0.0465 e. The maximum atomic E-state index is 2.46. The summed E-state index contributed by atoms with van der Waals surface area (Å²) in [7, 11) is 0. The lowest BCUT2D eigenvalue weighted by Gasteiger charge is -2.28. The first-order valence-corrected chi connectivity index (χ1v) is 21.2. The largest absolute Gasteiger partial charge is 0.310 e. The highest BCUT2D eigenvalue weighted by atomic mass is 32.1. The van der Waals surface area contributed by atoms with Crippen LogP contribution in [0.4, 0.5) is 17.1 Å². The molecule has 1 nitrogen and oxygen atoms in total. The Morgan fingerprint density at radius 2 is 0.814 bits per heavy atom. The number of hydrogen-bond donors (Lipinski definition) is 0. The Labute approximate surface area is 350 Å². The zero-order chi connectivity index (χ0) is 39.5. The molecule has 1 aliphatic carbocycles. The van der Waals surface area contributed by atoms with Crippen molar-refractivity contribution in [3.8, 4) is 55.6 Å². The third kappa shape index (κ3) is 6.07. The fourth-order valence-electron chi connectivity index (χ4n) is 9.20. The van der Waals surface area contributed by atoms with E-state index in [0.29, 0.717) is 0 Å². The Balaban J connectivity index is 0.985. The Morgan fingerprint density at radius 3 is 1.49 bits per heavy atom. The lowest BCUT2D eigenvalue weighted by atomic mass is 9.81. The molecule has 9 aromatic carbocycles. The molecule has 280 valence electrons. The first-order chi connectivity index (χ1) is 29.0. The van der Waals surface area contributed by atoms with Gasteiger partial charge in [-0.3, -0.25) is 0 Å². The van der Waals surface area contributed by atoms with Gasteiger partial charge in [-0.2, -0.15) is 0 Å². The van der Waals surface area contributed by atoms with Crippen molar-refractivity contribution in [2.24, 2.45) is 0 Å². The Morgan fingerprint density at radius 1 is 0.339 bits per heavy atom. The lowest BCUT2D eigenvalue weighted by Crippen LogP contribution is -2.16. The zero-order valence-corrected chi connectivity index (χ0v) is 33.9. The van der Waals surface area contributed by atoms with Crippen LogP contribution < -0.4 is 4.90 Å². The molecule has 0 aliphatic heterocycles. The highest BCUT2D eigenvalue weighted by molar-refractivity contribution is 7.26. The lowest BCUT2D eigenvalue weighted by molar-refractivity contribution is 0.660. The predicted octanol–water partition coefficient (Wildman–Crippen LogP) is 16.5. The Bertz CT molecular complexity index is 3160. The van der Waals surface area contributed by atoms with E-state index < -0.39 is 0 Å². The van der Waals surface area contributed by atoms with Gasteiger partial charge >= 0.3 is 0 Å². The minimum atomic E-state index is -0.193. The number of benzene rings is 9. The van der Waals surface area contributed by atoms with Crippen LogP contribution in [0.2, 0.25) is 0 Å². The van der Waals surface area contributed by atoms with Gasteiger partial charge in [0.2, 0.25) is 0 Å². The number of nitrogens with zero attached hydrogens (tertiary/aromatic N) is 1. The molecule has 0 amide bonds. The molecule has 0 bridgehead atoms. The van der Waals surface area contributed by atoms with Crippen LogP contribution >= 0.6 is 11.3 Å². The molecule has 59 heavy (non-hydrogen) atoms. The van der Waals surface area contributed by atoms with E-state index in [-0.39, 0.29) is 5.41 Å². The second-order valence-electron chi connectivity index (χ2n) is 16.1. The molecule has 0 unspecified atom stereocenters. The maximum Gasteiger partial charge on any atom is 0.0465 e. The summed E-state index contributed by atoms with van der Waals surface area (Å²) >= 11 is 1.90. The molecular weight excluding hydrogens is 731 g/mol. The van der Waals surface area contributed by atoms with Crippen molar-refractivity contribution in [2.75, 3.05) is 4.90 Å². The highest BCUT2D eigenvalue weighted by Crippen LogP contribution is 2.52. The van der Waals surface area contributed by atoms with Gasteiger partial charge in [-0.25, -0.2) is 0 Å². The van der Waals surface area contributed by atoms with E-state index >= 15 is 0 Å². The van der Waals surface area contributed by atoms with Crippen LogP contribution in [0.25, 0.3) is 75.8 Å². The number of hydrogen-bond acceptors (Lipinski definition) is 2. The van der Waals surface area contributed by atoms with E-state index in [9.17, 15) is 0 Å². The van der Waals surface area contributed by atoms with Crippen molar-refractivity contribution in [3.63, 3.8) is 0 Å². The van der Waals surface area contributed by atoms with Crippen LogP contribution in [0.15, 0.2) is 212 Å². The Kier molecular flexibility index (Phi) is 8.43. The van der Waals surface area contributed by atoms with Gasteiger partial charge in [-0.1, -0.05) is 172 Å². The normalized spacial score (nSPS) is 12.7. The molecule has 0 fully saturated rings. The summed E-state index contributed by atoms with van der Waals surface area (Å²) in [5.41, 5.74) is 18.4. The summed E-state index contributed by atoms with van der Waals surface area (Å²) in [4.78, 5) is 2.41. The highest BCUT2D eigenvalue weighted by Gasteiger charge is 2.36. The van der Waals surface area contributed by atoms with E-state index in [2.05, 4.69) is 231 Å². The molecule has 10 aromatic rings. The molecule has 0 atom stereocenters. The molecular formula is C57H41NS. The van der Waals surface area contributed by atoms with Gasteiger partial charge < -0.3 is 4.90 Å². The van der Waals surface area contributed by atoms with Crippen molar-refractivity contribution < 1.29 is 0 Å². The molecule has 0 saturated carbocycles. The van der Waals surface area contributed by atoms with Gasteiger partial charge in [0.05, 0.1) is 0 Å². The summed E-state index contributed by atoms with van der Waals surface area (Å²) < 4.78 is 2.69. The topological polar surface area (TPSA) is 3.24 Å². The van der Waals surface area contributed by atoms with Crippen LogP contribution in [-0.2, 0) is 5.41 Å². The molecule has 1 aliphatic rings. The van der Waals surface area contributed by atoms with Crippen molar-refractivity contribution in [2.45, 2.75) is 19.3 Å². The molecule has 0 N–H and O–H groups in total. The number of anilines is 3. The summed E-state index contributed by atoms with van der Waals surface area (Å²) in [6.07, 6.45) is 0. The average molecular weight is 772 g/mol. The maximum absolute atomic E-state index is 2.46. The fourth-order valence-corrected chi connectivity index (χ4v) is 10.4. The van der Waals surface area contributed by atoms with Gasteiger partial charge in [-0.05, 0) is 121 Å². The average Bonchev–Trinajstić information content (AvgIpc) is 3.79. The minimum absolute atomic E-state index is 0.193. The molecule has 0 saturated heterocycles. The van der Waals surface area contributed by atoms with E-state index in [4.69, 9.17) is 0 Å². The molecule has 0 spiro atoms. The molecule has 1 heterocycles. The summed E-state index contributed by atoms with van der Waals surface area (Å²) in [6, 6.07) is 77.9. The number of rotatable bonds is 7. The fraction of sp³-hybridized carbons (Fsp3) is 0.0526. The van der Waals surface area contributed by atoms with Crippen molar-refractivity contribution in [3.05, 3.63) is 223 Å². The monoisotopic (exact) mass is 771 g/mol. The SMILES string of the molecule is CC1(C)c2cc(-c3cccc4c3sc3ccccc34)ccc2-c2ccc(N(c3ccc(-c4ccccc4)cc3)c3ccc(-c4cccc(-c5ccccc5)c4)cc3)cc21. The third-order valence-corrected chi connectivity index (χ3v) is 13.5. The summed E-state index contributed by atoms with van der Waals surface area (Å²) in [6.45, 7) is 4.78. The van der Waals surface area contributed by atoms with E-state index in [1.807, 2.05) is 11.3 Å². The van der Waals surface area contributed by atoms with Gasteiger partial charge in [0.25, 0.3) is 0 Å². The second kappa shape index (κ2) is 14.1. The summed E-state index contributed by atoms with van der Waals surface area (Å²) in [5.74, 6) is 0. The standard InChI is InChI=1S/C57H41NS/c1-57(2)53-36-44(48-20-12-21-52-51-19-9-10-22-55(51)59-56(48)52)27-33-49(53)50-34-32-47(37-54(50)57)58(45-28-23-40(24-29-45)38-13-5-3-6-14-38)46-30-25-41(26-31-46)43-18-11-17-42(35-43)39-15-7-4-8-16-39/h3-37H,1-2H3. The van der Waals surface area contributed by atoms with Crippen LogP contribution in [0, 0.1) is 0 Å².